The Labute approximate surface area is 609 Å². The van der Waals surface area contributed by atoms with Crippen LogP contribution in [-0.4, -0.2) is 15.8 Å². The topological polar surface area (TPSA) is 22.3 Å². The Bertz CT molecular complexity index is 6360. The second-order valence-electron chi connectivity index (χ2n) is 31.0. The van der Waals surface area contributed by atoms with Gasteiger partial charge in [0.25, 0.3) is 6.71 Å². The Morgan fingerprint density at radius 1 is 0.353 bits per heavy atom. The highest BCUT2D eigenvalue weighted by molar-refractivity contribution is 6.99. The van der Waals surface area contributed by atoms with E-state index >= 15 is 0 Å². The summed E-state index contributed by atoms with van der Waals surface area (Å²) in [4.78, 5) is 2.40. The van der Waals surface area contributed by atoms with Crippen LogP contribution in [0.2, 0.25) is 0 Å². The monoisotopic (exact) mass is 1320 g/mol. The number of hydrogen-bond donors (Lipinski definition) is 0. The van der Waals surface area contributed by atoms with Crippen LogP contribution in [0, 0.1) is 0 Å². The van der Waals surface area contributed by atoms with Crippen LogP contribution in [0.1, 0.15) is 112 Å². The molecule has 2 aromatic heterocycles. The van der Waals surface area contributed by atoms with E-state index in [1.807, 2.05) is 18.2 Å². The van der Waals surface area contributed by atoms with E-state index in [9.17, 15) is 8.22 Å². The van der Waals surface area contributed by atoms with E-state index in [0.29, 0.717) is 17.2 Å². The minimum Gasteiger partial charge on any atom is -0.458 e. The molecular weight excluding hydrogens is 1230 g/mol. The lowest BCUT2D eigenvalue weighted by Gasteiger charge is -2.42. The maximum atomic E-state index is 9.85. The highest BCUT2D eigenvalue weighted by Crippen LogP contribution is 2.60. The quantitative estimate of drug-likeness (QED) is 0.142. The van der Waals surface area contributed by atoms with Gasteiger partial charge in [0.1, 0.15) is 11.5 Å². The van der Waals surface area contributed by atoms with Gasteiger partial charge in [0.15, 0.2) is 0 Å². The molecule has 2 aliphatic heterocycles. The summed E-state index contributed by atoms with van der Waals surface area (Å²) >= 11 is 0. The van der Waals surface area contributed by atoms with E-state index in [1.165, 1.54) is 27.8 Å². The molecular formula is C97H78BN3O. The summed E-state index contributed by atoms with van der Waals surface area (Å²) in [6.07, 6.45) is 0. The number of fused-ring (bicyclic) bond motifs is 13. The lowest BCUT2D eigenvalue weighted by molar-refractivity contribution is 0.487. The molecule has 4 nitrogen and oxygen atoms in total. The summed E-state index contributed by atoms with van der Waals surface area (Å²) < 4.78 is 87.6. The average molecular weight is 1320 g/mol. The number of anilines is 3. The van der Waals surface area contributed by atoms with Crippen LogP contribution >= 0.6 is 0 Å². The number of rotatable bonds is 8. The van der Waals surface area contributed by atoms with Crippen LogP contribution in [0.4, 0.5) is 17.1 Å². The molecule has 0 amide bonds. The first-order valence-corrected chi connectivity index (χ1v) is 35.5. The molecule has 3 aliphatic rings. The summed E-state index contributed by atoms with van der Waals surface area (Å²) in [5, 5.41) is 2.26. The molecule has 0 saturated carbocycles. The number of ether oxygens (including phenoxy) is 1. The van der Waals surface area contributed by atoms with Gasteiger partial charge < -0.3 is 18.8 Å². The number of nitrogens with zero attached hydrogens (tertiary/aromatic N) is 3. The summed E-state index contributed by atoms with van der Waals surface area (Å²) in [5.41, 5.74) is 23.7. The Hall–Kier alpha value is -11.7. The fourth-order valence-corrected chi connectivity index (χ4v) is 17.0. The van der Waals surface area contributed by atoms with E-state index in [2.05, 4.69) is 314 Å². The van der Waals surface area contributed by atoms with Gasteiger partial charge in [-0.2, -0.15) is 0 Å². The van der Waals surface area contributed by atoms with Gasteiger partial charge in [0.2, 0.25) is 0 Å². The van der Waals surface area contributed by atoms with Crippen LogP contribution in [0.25, 0.3) is 99.5 Å². The molecule has 0 fully saturated rings. The second kappa shape index (κ2) is 22.7. The number of benzene rings is 14. The summed E-state index contributed by atoms with van der Waals surface area (Å²) in [7, 11) is 0. The van der Waals surface area contributed by atoms with Crippen LogP contribution in [0.15, 0.2) is 309 Å². The van der Waals surface area contributed by atoms with Crippen molar-refractivity contribution in [1.29, 1.82) is 0 Å². The van der Waals surface area contributed by atoms with Crippen molar-refractivity contribution in [3.63, 3.8) is 0 Å². The first-order chi connectivity index (χ1) is 52.8. The molecule has 14 aromatic carbocycles. The molecule has 0 bridgehead atoms. The summed E-state index contributed by atoms with van der Waals surface area (Å²) in [5.74, 6) is 1.34. The average Bonchev–Trinajstić information content (AvgIpc) is 1.31. The summed E-state index contributed by atoms with van der Waals surface area (Å²) in [6, 6.07) is 91.0. The van der Waals surface area contributed by atoms with Gasteiger partial charge in [0.05, 0.1) is 49.8 Å². The maximum Gasteiger partial charge on any atom is 0.256 e. The SMILES string of the molecule is [2H]c1c([2H])c([2H])c2c(c1[2H])c1c([2H])c([2H])c([2H])c([2H])c1n2-c1ccc2c(c1)N(c1c(-c3ccccc3)cc(C(C)(C)C)cc1-c1ccccc1)c1cc(-n3c4ccc(C(C)(C)C)cc4c4cc(C(C)(C)C)ccc43)cc3c1B2c1ccc(-c2cccc4c2C(c2ccccc2)(c2ccccc2)c2ccccc2-4)cc1O3. The minimum atomic E-state index is -0.715. The van der Waals surface area contributed by atoms with Crippen molar-refractivity contribution in [2.45, 2.75) is 84.0 Å². The Balaban J connectivity index is 0.966. The normalized spacial score (nSPS) is 14.8. The Kier molecular flexibility index (Phi) is 11.8. The molecule has 16 aromatic rings. The third-order valence-electron chi connectivity index (χ3n) is 21.9. The number of hydrogen-bond acceptors (Lipinski definition) is 2. The van der Waals surface area contributed by atoms with E-state index in [1.54, 1.807) is 4.57 Å². The van der Waals surface area contributed by atoms with Crippen LogP contribution in [-0.2, 0) is 21.7 Å². The molecule has 0 N–H and O–H groups in total. The van der Waals surface area contributed by atoms with E-state index < -0.39 is 48.4 Å². The van der Waals surface area contributed by atoms with Crippen molar-refractivity contribution in [3.05, 3.63) is 348 Å². The zero-order valence-corrected chi connectivity index (χ0v) is 58.7. The van der Waals surface area contributed by atoms with Crippen LogP contribution < -0.4 is 26.0 Å². The standard InChI is InChI=1S/C97H78BN3O/c1-94(2,3)66-46-51-85-78(54-66)79-55-67(95(4,5)6)47-52-86(79)100(85)70-59-88-92-90(60-70)102-89-53-63(71-40-28-41-75-72-37-22-25-42-80(72)97(91(71)75,64-33-18-12-19-34-64)65-35-20-13-21-36-65)45-49-82(89)98(92)81-50-48-69(99-83-43-26-23-38-73(83)74-39-24-27-44-84(74)99)58-87(81)101(88)93-76(61-29-14-10-15-30-61)56-68(96(7,8)9)57-77(93)62-31-16-11-17-32-62/h10-60H,1-9H3/i23D,24D,26D,27D,38D,39D,43D,44D. The first kappa shape index (κ1) is 53.3. The van der Waals surface area contributed by atoms with E-state index in [-0.39, 0.29) is 50.1 Å². The molecule has 0 radical (unpaired) electrons. The fourth-order valence-electron chi connectivity index (χ4n) is 17.0. The molecule has 5 heteroatoms. The molecule has 0 atom stereocenters. The van der Waals surface area contributed by atoms with Gasteiger partial charge in [0, 0.05) is 55.8 Å². The van der Waals surface area contributed by atoms with Gasteiger partial charge in [-0.1, -0.05) is 293 Å². The predicted octanol–water partition coefficient (Wildman–Crippen LogP) is 23.5. The van der Waals surface area contributed by atoms with Crippen molar-refractivity contribution in [3.8, 4) is 67.4 Å². The number of para-hydroxylation sites is 2. The van der Waals surface area contributed by atoms with Crippen LogP contribution in [0.3, 0.4) is 0 Å². The molecule has 0 saturated heterocycles. The zero-order chi connectivity index (χ0) is 76.1. The predicted molar refractivity (Wildman–Crippen MR) is 431 cm³/mol. The molecule has 0 spiro atoms. The van der Waals surface area contributed by atoms with Crippen molar-refractivity contribution < 1.29 is 15.7 Å². The first-order valence-electron chi connectivity index (χ1n) is 39.5. The second-order valence-corrected chi connectivity index (χ2v) is 31.0. The molecule has 102 heavy (non-hydrogen) atoms. The third-order valence-corrected chi connectivity index (χ3v) is 21.9. The highest BCUT2D eigenvalue weighted by Gasteiger charge is 2.49. The van der Waals surface area contributed by atoms with Crippen molar-refractivity contribution >= 4 is 83.8 Å². The Morgan fingerprint density at radius 2 is 0.853 bits per heavy atom. The van der Waals surface area contributed by atoms with E-state index in [0.717, 1.165) is 117 Å². The highest BCUT2D eigenvalue weighted by atomic mass is 16.5. The van der Waals surface area contributed by atoms with E-state index in [4.69, 9.17) is 7.48 Å². The van der Waals surface area contributed by atoms with Gasteiger partial charge in [-0.05, 0) is 178 Å². The van der Waals surface area contributed by atoms with Gasteiger partial charge in [-0.15, -0.1) is 0 Å². The minimum absolute atomic E-state index is 0.00463. The lowest BCUT2D eigenvalue weighted by Crippen LogP contribution is -2.59. The molecule has 490 valence electrons. The zero-order valence-electron chi connectivity index (χ0n) is 66.7. The van der Waals surface area contributed by atoms with Gasteiger partial charge in [-0.3, -0.25) is 0 Å². The van der Waals surface area contributed by atoms with Crippen LogP contribution in [0.5, 0.6) is 11.5 Å². The van der Waals surface area contributed by atoms with Crippen molar-refractivity contribution in [2.75, 3.05) is 4.90 Å². The largest absolute Gasteiger partial charge is 0.458 e. The molecule has 1 aliphatic carbocycles. The molecule has 4 heterocycles. The van der Waals surface area contributed by atoms with Crippen molar-refractivity contribution in [2.24, 2.45) is 0 Å². The van der Waals surface area contributed by atoms with Crippen molar-refractivity contribution in [1.82, 2.24) is 9.13 Å². The fraction of sp³-hybridized carbons (Fsp3) is 0.134. The van der Waals surface area contributed by atoms with Gasteiger partial charge in [-0.25, -0.2) is 0 Å². The smallest absolute Gasteiger partial charge is 0.256 e. The Morgan fingerprint density at radius 3 is 1.43 bits per heavy atom. The third kappa shape index (κ3) is 9.29. The number of aromatic nitrogens is 2. The lowest BCUT2D eigenvalue weighted by atomic mass is 9.34. The maximum absolute atomic E-state index is 9.85. The molecule has 19 rings (SSSR count). The van der Waals surface area contributed by atoms with Gasteiger partial charge >= 0.3 is 0 Å². The summed E-state index contributed by atoms with van der Waals surface area (Å²) in [6.45, 7) is 19.8. The molecule has 0 unspecified atom stereocenters.